The molecule has 0 amide bonds. The van der Waals surface area contributed by atoms with Crippen LogP contribution in [0.3, 0.4) is 0 Å². The Hall–Kier alpha value is -18.3. The summed E-state index contributed by atoms with van der Waals surface area (Å²) in [6.07, 6.45) is 0. The zero-order valence-corrected chi connectivity index (χ0v) is 84.6. The lowest BCUT2D eigenvalue weighted by molar-refractivity contribution is 0.669. The van der Waals surface area contributed by atoms with E-state index in [4.69, 9.17) is 4.42 Å². The van der Waals surface area contributed by atoms with Crippen LogP contribution in [-0.4, -0.2) is 4.57 Å². The summed E-state index contributed by atoms with van der Waals surface area (Å²) in [5.74, 6) is 0. The Labute approximate surface area is 887 Å². The molecule has 710 valence electrons. The number of hydrogen-bond acceptors (Lipinski definition) is 11. The maximum absolute atomic E-state index is 6.47. The molecule has 0 spiro atoms. The summed E-state index contributed by atoms with van der Waals surface area (Å²) in [7, 11) is 0. The average Bonchev–Trinajstić information content (AvgIpc) is 1.56. The molecule has 0 saturated carbocycles. The molecule has 29 rings (SSSR count). The molecule has 0 N–H and O–H groups in total. The molecule has 150 heavy (non-hydrogen) atoms. The summed E-state index contributed by atoms with van der Waals surface area (Å²) in [5, 5.41) is 7.36. The van der Waals surface area contributed by atoms with Gasteiger partial charge in [0.25, 0.3) is 0 Å². The fourth-order valence-electron chi connectivity index (χ4n) is 21.5. The highest BCUT2D eigenvalue weighted by Crippen LogP contribution is 2.58. The van der Waals surface area contributed by atoms with Crippen LogP contribution in [-0.2, 0) is 0 Å². The van der Waals surface area contributed by atoms with Crippen LogP contribution in [0.1, 0.15) is 0 Å². The lowest BCUT2D eigenvalue weighted by Crippen LogP contribution is -2.14. The Kier molecular flexibility index (Phi) is 23.9. The third-order valence-electron chi connectivity index (χ3n) is 28.4. The summed E-state index contributed by atoms with van der Waals surface area (Å²) < 4.78 is 11.5. The van der Waals surface area contributed by atoms with Crippen molar-refractivity contribution in [1.82, 2.24) is 4.57 Å². The average molecular weight is 1990 g/mol. The van der Waals surface area contributed by atoms with Crippen LogP contribution in [0.5, 0.6) is 0 Å². The molecule has 0 atom stereocenters. The molecule has 23 aromatic carbocycles. The third-order valence-corrected chi connectivity index (χ3v) is 33.0. The topological polar surface area (TPSA) is 37.5 Å². The number of fused-ring (bicyclic) bond motifs is 15. The van der Waals surface area contributed by atoms with Crippen LogP contribution in [0.15, 0.2) is 598 Å². The summed E-state index contributed by atoms with van der Waals surface area (Å²) in [6, 6.07) is 202. The van der Waals surface area contributed by atoms with E-state index in [0.717, 1.165) is 90.2 Å². The third kappa shape index (κ3) is 17.0. The second kappa shape index (κ2) is 39.6. The summed E-state index contributed by atoms with van der Waals surface area (Å²) in [6.45, 7) is 0. The molecule has 0 radical (unpaired) electrons. The first-order chi connectivity index (χ1) is 74.4. The maximum Gasteiger partial charge on any atom is 0.159 e. The predicted molar refractivity (Wildman–Crippen MR) is 636 cm³/mol. The standard InChI is InChI=1S/C48H33N3S.C48H32N2S2.C42H28N2OS/c1-4-14-36(15-5-1)49(40-29-31-44-42(33-40)41-20-10-11-21-43(41)50(44)37-16-6-2-7-17-37)39-27-24-34(25-28-39)35-26-30-46-48(32-35)52-47-23-13-12-22-45(47)51(46)38-18-8-3-9-19-38;1-3-12-36(13-4-1)49(39-29-24-34(25-30-39)40-17-11-18-42-41-16-7-9-20-45(41)52-48(40)42)38-27-22-33(23-28-38)35-26-31-44-47(32-35)51-46-21-10-8-19-43(46)50(44)37-14-5-2-6-15-37;1-3-12-31(13-4-1)43(38-19-11-17-35-34-16-7-9-20-39(34)45-42(35)38)33-25-22-29(23-26-33)30-24-27-37-41(28-30)46-40-21-10-8-18-36(40)44(37)32-14-5-2-6-15-32/h1-33H;1-32H;1-28H. The molecule has 0 unspecified atom stereocenters. The Balaban J connectivity index is 0.000000111. The van der Waals surface area contributed by atoms with Gasteiger partial charge < -0.3 is 38.4 Å². The molecule has 3 aromatic heterocycles. The van der Waals surface area contributed by atoms with Gasteiger partial charge in [0.05, 0.1) is 50.8 Å². The van der Waals surface area contributed by atoms with Crippen molar-refractivity contribution in [2.24, 2.45) is 0 Å². The summed E-state index contributed by atoms with van der Waals surface area (Å²) >= 11 is 7.40. The molecule has 8 nitrogen and oxygen atoms in total. The minimum atomic E-state index is 0.881. The molecule has 6 heterocycles. The molecule has 0 bridgehead atoms. The molecule has 0 aliphatic carbocycles. The van der Waals surface area contributed by atoms with E-state index in [-0.39, 0.29) is 0 Å². The minimum Gasteiger partial charge on any atom is -0.454 e. The fraction of sp³-hybridized carbons (Fsp3) is 0. The second-order valence-corrected chi connectivity index (χ2v) is 41.7. The molecular formula is C138H93N7OS4. The van der Waals surface area contributed by atoms with Gasteiger partial charge in [-0.3, -0.25) is 0 Å². The SMILES string of the molecule is c1ccc(N(c2ccc(-c3ccc4c(c3)Sc3ccccc3N4c3ccccc3)cc2)c2ccc(-c3cccc4c3sc3ccccc34)cc2)cc1.c1ccc(N(c2ccc(-c3ccc4c(c3)Sc3ccccc3N4c3ccccc3)cc2)c2ccc3c(c2)c2ccccc2n3-c2ccccc2)cc1.c1ccc(N2c3ccccc3Sc3cc(-c4ccc(N(c5ccccc5)c5cccc6c5oc5ccccc56)cc4)ccc32)cc1. The number of thiophene rings is 1. The first kappa shape index (κ1) is 90.5. The molecule has 3 aliphatic rings. The highest BCUT2D eigenvalue weighted by molar-refractivity contribution is 8.00. The van der Waals surface area contributed by atoms with Crippen molar-refractivity contribution in [3.8, 4) is 50.2 Å². The first-order valence-electron chi connectivity index (χ1n) is 50.6. The zero-order chi connectivity index (χ0) is 99.3. The molecule has 26 aromatic rings. The van der Waals surface area contributed by atoms with E-state index in [0.29, 0.717) is 0 Å². The highest BCUT2D eigenvalue weighted by atomic mass is 32.2. The number of para-hydroxylation sites is 13. The summed E-state index contributed by atoms with van der Waals surface area (Å²) in [5.41, 5.74) is 35.6. The Morgan fingerprint density at radius 3 is 0.987 bits per heavy atom. The van der Waals surface area contributed by atoms with Crippen molar-refractivity contribution in [1.29, 1.82) is 0 Å². The van der Waals surface area contributed by atoms with E-state index in [2.05, 4.69) is 586 Å². The molecular weight excluding hydrogens is 1900 g/mol. The van der Waals surface area contributed by atoms with Crippen LogP contribution in [0.2, 0.25) is 0 Å². The van der Waals surface area contributed by atoms with Gasteiger partial charge in [-0.1, -0.05) is 351 Å². The van der Waals surface area contributed by atoms with E-state index in [1.807, 2.05) is 58.8 Å². The number of nitrogens with zero attached hydrogens (tertiary/aromatic N) is 7. The molecule has 3 aliphatic heterocycles. The predicted octanol–water partition coefficient (Wildman–Crippen LogP) is 41.3. The highest BCUT2D eigenvalue weighted by Gasteiger charge is 2.31. The van der Waals surface area contributed by atoms with Gasteiger partial charge in [-0.15, -0.1) is 11.3 Å². The Morgan fingerprint density at radius 1 is 0.187 bits per heavy atom. The lowest BCUT2D eigenvalue weighted by Gasteiger charge is -2.33. The number of benzene rings is 23. The van der Waals surface area contributed by atoms with Crippen molar-refractivity contribution < 1.29 is 4.42 Å². The van der Waals surface area contributed by atoms with Crippen LogP contribution >= 0.6 is 46.6 Å². The van der Waals surface area contributed by atoms with Gasteiger partial charge in [0.1, 0.15) is 5.58 Å². The van der Waals surface area contributed by atoms with Gasteiger partial charge in [-0.05, 0) is 293 Å². The van der Waals surface area contributed by atoms with E-state index >= 15 is 0 Å². The number of rotatable bonds is 17. The molecule has 0 fully saturated rings. The van der Waals surface area contributed by atoms with Gasteiger partial charge in [-0.25, -0.2) is 0 Å². The van der Waals surface area contributed by atoms with Crippen molar-refractivity contribution in [2.45, 2.75) is 29.4 Å². The number of anilines is 18. The Bertz CT molecular complexity index is 9490. The quantitative estimate of drug-likeness (QED) is 0.0880. The summed E-state index contributed by atoms with van der Waals surface area (Å²) in [4.78, 5) is 21.6. The Morgan fingerprint density at radius 2 is 0.513 bits per heavy atom. The van der Waals surface area contributed by atoms with Crippen molar-refractivity contribution >= 4 is 213 Å². The van der Waals surface area contributed by atoms with Crippen LogP contribution < -0.4 is 29.4 Å². The first-order valence-corrected chi connectivity index (χ1v) is 53.8. The van der Waals surface area contributed by atoms with E-state index in [9.17, 15) is 0 Å². The van der Waals surface area contributed by atoms with Crippen molar-refractivity contribution in [2.75, 3.05) is 29.4 Å². The normalized spacial score (nSPS) is 12.1. The van der Waals surface area contributed by atoms with Gasteiger partial charge in [0.15, 0.2) is 5.58 Å². The number of furan rings is 1. The van der Waals surface area contributed by atoms with Crippen molar-refractivity contribution in [3.63, 3.8) is 0 Å². The van der Waals surface area contributed by atoms with Crippen LogP contribution in [0.25, 0.3) is 114 Å². The van der Waals surface area contributed by atoms with Gasteiger partial charge in [0, 0.05) is 139 Å². The van der Waals surface area contributed by atoms with Crippen molar-refractivity contribution in [3.05, 3.63) is 564 Å². The zero-order valence-electron chi connectivity index (χ0n) is 81.4. The van der Waals surface area contributed by atoms with E-state index in [1.165, 1.54) is 156 Å². The van der Waals surface area contributed by atoms with E-state index < -0.39 is 0 Å². The smallest absolute Gasteiger partial charge is 0.159 e. The van der Waals surface area contributed by atoms with E-state index in [1.54, 1.807) is 0 Å². The monoisotopic (exact) mass is 1990 g/mol. The van der Waals surface area contributed by atoms with Crippen LogP contribution in [0.4, 0.5) is 102 Å². The maximum atomic E-state index is 6.47. The van der Waals surface area contributed by atoms with Gasteiger partial charge >= 0.3 is 0 Å². The largest absolute Gasteiger partial charge is 0.454 e. The molecule has 12 heteroatoms. The fourth-order valence-corrected chi connectivity index (χ4v) is 26.0. The number of hydrogen-bond donors (Lipinski definition) is 0. The number of aromatic nitrogens is 1. The minimum absolute atomic E-state index is 0.881. The lowest BCUT2D eigenvalue weighted by atomic mass is 10.0. The van der Waals surface area contributed by atoms with Gasteiger partial charge in [-0.2, -0.15) is 0 Å². The second-order valence-electron chi connectivity index (χ2n) is 37.4. The molecule has 0 saturated heterocycles. The van der Waals surface area contributed by atoms with Gasteiger partial charge in [0.2, 0.25) is 0 Å². The van der Waals surface area contributed by atoms with Crippen LogP contribution in [0, 0.1) is 0 Å².